The monoisotopic (exact) mass is 483 g/mol. The molecule has 35 heavy (non-hydrogen) atoms. The minimum Gasteiger partial charge on any atom is -0.308 e. The van der Waals surface area contributed by atoms with Gasteiger partial charge in [-0.25, -0.2) is 9.78 Å². The van der Waals surface area contributed by atoms with Crippen molar-refractivity contribution < 1.29 is 9.59 Å². The lowest BCUT2D eigenvalue weighted by Gasteiger charge is -2.25. The molecule has 0 saturated heterocycles. The van der Waals surface area contributed by atoms with E-state index in [0.717, 1.165) is 31.7 Å². The van der Waals surface area contributed by atoms with Gasteiger partial charge in [-0.1, -0.05) is 48.5 Å². The summed E-state index contributed by atoms with van der Waals surface area (Å²) in [5.74, 6) is -0.225. The van der Waals surface area contributed by atoms with Crippen molar-refractivity contribution in [1.82, 2.24) is 9.88 Å². The van der Waals surface area contributed by atoms with Gasteiger partial charge in [0.1, 0.15) is 0 Å². The van der Waals surface area contributed by atoms with Gasteiger partial charge in [-0.3, -0.25) is 15.0 Å². The number of para-hydroxylation sites is 1. The Morgan fingerprint density at radius 2 is 1.49 bits per heavy atom. The lowest BCUT2D eigenvalue weighted by Crippen LogP contribution is -2.29. The normalized spacial score (nSPS) is 13.0. The first kappa shape index (κ1) is 22.8. The summed E-state index contributed by atoms with van der Waals surface area (Å²) < 4.78 is 0. The molecule has 0 bridgehead atoms. The number of urea groups is 1. The van der Waals surface area contributed by atoms with Crippen LogP contribution in [0.3, 0.4) is 0 Å². The topological polar surface area (TPSA) is 86.4 Å². The molecule has 1 aliphatic heterocycles. The quantitative estimate of drug-likeness (QED) is 0.333. The van der Waals surface area contributed by atoms with Crippen LogP contribution < -0.4 is 16.0 Å². The Hall–Kier alpha value is -4.01. The molecule has 1 aromatic heterocycles. The molecule has 0 radical (unpaired) electrons. The minimum atomic E-state index is -0.344. The van der Waals surface area contributed by atoms with Crippen molar-refractivity contribution in [3.05, 3.63) is 107 Å². The molecule has 1 aliphatic rings. The van der Waals surface area contributed by atoms with Crippen LogP contribution in [0.5, 0.6) is 0 Å². The maximum atomic E-state index is 12.8. The number of carbonyl (C=O) groups is 2. The third-order valence-corrected chi connectivity index (χ3v) is 6.71. The molecule has 5 rings (SSSR count). The smallest absolute Gasteiger partial charge is 0.308 e. The average molecular weight is 484 g/mol. The predicted molar refractivity (Wildman–Crippen MR) is 140 cm³/mol. The zero-order valence-electron chi connectivity index (χ0n) is 19.0. The lowest BCUT2D eigenvalue weighted by atomic mass is 10.1. The first-order valence-electron chi connectivity index (χ1n) is 11.4. The van der Waals surface area contributed by atoms with E-state index in [0.29, 0.717) is 22.1 Å². The van der Waals surface area contributed by atoms with Crippen molar-refractivity contribution in [2.45, 2.75) is 19.5 Å². The molecular weight excluding hydrogens is 458 g/mol. The maximum absolute atomic E-state index is 12.8. The second-order valence-electron chi connectivity index (χ2n) is 8.31. The van der Waals surface area contributed by atoms with E-state index in [1.165, 1.54) is 21.8 Å². The third-order valence-electron chi connectivity index (χ3n) is 5.72. The summed E-state index contributed by atoms with van der Waals surface area (Å²) in [6, 6.07) is 26.1. The summed E-state index contributed by atoms with van der Waals surface area (Å²) in [6.45, 7) is 2.69. The highest BCUT2D eigenvalue weighted by Crippen LogP contribution is 2.29. The number of benzene rings is 3. The van der Waals surface area contributed by atoms with Crippen molar-refractivity contribution in [2.75, 3.05) is 22.5 Å². The van der Waals surface area contributed by atoms with Gasteiger partial charge in [-0.2, -0.15) is 0 Å². The molecule has 7 nitrogen and oxygen atoms in total. The van der Waals surface area contributed by atoms with Gasteiger partial charge in [0.15, 0.2) is 5.13 Å². The maximum Gasteiger partial charge on any atom is 0.323 e. The molecule has 2 heterocycles. The third kappa shape index (κ3) is 5.92. The molecule has 0 aliphatic carbocycles. The van der Waals surface area contributed by atoms with Crippen LogP contribution in [0.25, 0.3) is 0 Å². The number of nitrogens with zero attached hydrogens (tertiary/aromatic N) is 2. The molecule has 4 aromatic rings. The van der Waals surface area contributed by atoms with Gasteiger partial charge in [-0.05, 0) is 42.0 Å². The molecule has 0 fully saturated rings. The summed E-state index contributed by atoms with van der Waals surface area (Å²) in [6.07, 6.45) is 0.875. The molecule has 3 N–H and O–H groups in total. The van der Waals surface area contributed by atoms with Gasteiger partial charge >= 0.3 is 6.03 Å². The number of hydrogen-bond donors (Lipinski definition) is 3. The number of anilines is 3. The molecule has 8 heteroatoms. The van der Waals surface area contributed by atoms with Crippen LogP contribution in [0.4, 0.5) is 21.3 Å². The van der Waals surface area contributed by atoms with E-state index >= 15 is 0 Å². The fraction of sp³-hybridized carbons (Fsp3) is 0.148. The van der Waals surface area contributed by atoms with Gasteiger partial charge < -0.3 is 10.6 Å². The number of fused-ring (bicyclic) bond motifs is 1. The van der Waals surface area contributed by atoms with E-state index < -0.39 is 0 Å². The van der Waals surface area contributed by atoms with Crippen molar-refractivity contribution in [1.29, 1.82) is 0 Å². The number of aromatic nitrogens is 1. The number of nitrogens with one attached hydrogen (secondary N) is 3. The van der Waals surface area contributed by atoms with Crippen LogP contribution in [0, 0.1) is 0 Å². The van der Waals surface area contributed by atoms with Crippen molar-refractivity contribution in [2.24, 2.45) is 0 Å². The molecule has 3 amide bonds. The second kappa shape index (κ2) is 10.5. The number of hydrogen-bond acceptors (Lipinski definition) is 5. The molecule has 3 aromatic carbocycles. The van der Waals surface area contributed by atoms with E-state index in [1.54, 1.807) is 24.3 Å². The van der Waals surface area contributed by atoms with E-state index in [-0.39, 0.29) is 11.9 Å². The van der Waals surface area contributed by atoms with Crippen LogP contribution in [-0.4, -0.2) is 28.4 Å². The number of carbonyl (C=O) groups excluding carboxylic acids is 2. The first-order chi connectivity index (χ1) is 17.1. The zero-order chi connectivity index (χ0) is 24.0. The number of amides is 3. The Balaban J connectivity index is 1.16. The van der Waals surface area contributed by atoms with Crippen molar-refractivity contribution >= 4 is 39.8 Å². The van der Waals surface area contributed by atoms with Gasteiger partial charge in [0.25, 0.3) is 5.91 Å². The first-order valence-corrected chi connectivity index (χ1v) is 12.2. The van der Waals surface area contributed by atoms with Crippen LogP contribution in [-0.2, 0) is 19.5 Å². The van der Waals surface area contributed by atoms with E-state index in [2.05, 4.69) is 50.1 Å². The molecular formula is C27H25N5O2S. The minimum absolute atomic E-state index is 0.225. The lowest BCUT2D eigenvalue weighted by molar-refractivity contribution is 0.102. The van der Waals surface area contributed by atoms with Crippen LogP contribution >= 0.6 is 11.3 Å². The van der Waals surface area contributed by atoms with E-state index in [9.17, 15) is 9.59 Å². The summed E-state index contributed by atoms with van der Waals surface area (Å²) in [5, 5.41) is 9.06. The Morgan fingerprint density at radius 3 is 2.20 bits per heavy atom. The van der Waals surface area contributed by atoms with Crippen LogP contribution in [0.1, 0.15) is 26.5 Å². The summed E-state index contributed by atoms with van der Waals surface area (Å²) in [4.78, 5) is 33.2. The molecule has 176 valence electrons. The van der Waals surface area contributed by atoms with Crippen molar-refractivity contribution in [3.8, 4) is 0 Å². The molecule has 0 unspecified atom stereocenters. The van der Waals surface area contributed by atoms with Gasteiger partial charge in [0, 0.05) is 47.9 Å². The Bertz CT molecular complexity index is 1310. The fourth-order valence-corrected chi connectivity index (χ4v) is 5.01. The highest BCUT2D eigenvalue weighted by Gasteiger charge is 2.21. The molecule has 0 saturated carbocycles. The van der Waals surface area contributed by atoms with Gasteiger partial charge in [0.05, 0.1) is 5.69 Å². The van der Waals surface area contributed by atoms with Gasteiger partial charge in [0.2, 0.25) is 0 Å². The van der Waals surface area contributed by atoms with Crippen molar-refractivity contribution in [3.63, 3.8) is 0 Å². The number of thiazole rings is 1. The Labute approximate surface area is 207 Å². The number of rotatable bonds is 6. The summed E-state index contributed by atoms with van der Waals surface area (Å²) >= 11 is 1.54. The Morgan fingerprint density at radius 1 is 0.829 bits per heavy atom. The van der Waals surface area contributed by atoms with Crippen LogP contribution in [0.2, 0.25) is 0 Å². The van der Waals surface area contributed by atoms with Crippen LogP contribution in [0.15, 0.2) is 84.9 Å². The highest BCUT2D eigenvalue weighted by molar-refractivity contribution is 7.15. The Kier molecular flexibility index (Phi) is 6.83. The van der Waals surface area contributed by atoms with E-state index in [4.69, 9.17) is 0 Å². The zero-order valence-corrected chi connectivity index (χ0v) is 19.8. The standard InChI is InChI=1S/C27H25N5O2S/c33-25(20-11-13-22(14-12-20)29-26(34)28-21-9-5-2-6-10-21)31-27-30-23-15-16-32(18-24(23)35-27)17-19-7-3-1-4-8-19/h1-14H,15-18H2,(H2,28,29,34)(H,30,31,33). The largest absolute Gasteiger partial charge is 0.323 e. The summed E-state index contributed by atoms with van der Waals surface area (Å²) in [5.41, 5.74) is 4.16. The van der Waals surface area contributed by atoms with E-state index in [1.807, 2.05) is 36.4 Å². The second-order valence-corrected chi connectivity index (χ2v) is 9.40. The fourth-order valence-electron chi connectivity index (χ4n) is 3.97. The highest BCUT2D eigenvalue weighted by atomic mass is 32.1. The molecule has 0 spiro atoms. The molecule has 0 atom stereocenters. The SMILES string of the molecule is O=C(Nc1ccccc1)Nc1ccc(C(=O)Nc2nc3c(s2)CN(Cc2ccccc2)CC3)cc1. The average Bonchev–Trinajstić information content (AvgIpc) is 3.27. The predicted octanol–water partition coefficient (Wildman–Crippen LogP) is 5.60. The summed E-state index contributed by atoms with van der Waals surface area (Å²) in [7, 11) is 0. The van der Waals surface area contributed by atoms with Gasteiger partial charge in [-0.15, -0.1) is 11.3 Å².